The third-order valence-corrected chi connectivity index (χ3v) is 6.08. The van der Waals surface area contributed by atoms with Crippen LogP contribution in [0.4, 0.5) is 9.59 Å². The fraction of sp³-hybridized carbons (Fsp3) is 0.371. The summed E-state index contributed by atoms with van der Waals surface area (Å²) in [5, 5.41) is 3.01. The standard InChI is InChI=1S/C35H44N2O4/c1-34(2,3)40-32(38)36-30(24-27-16-10-7-11-17-27)22-23-31(25-28-18-12-8-13-19-28)37(33(39)41-35(4,5)6)26-29-20-14-9-15-21-29/h7-23,30-31H,24-26H2,1-6H3,(H,36,38). The van der Waals surface area contributed by atoms with E-state index in [1.807, 2.05) is 133 Å². The number of nitrogens with zero attached hydrogens (tertiary/aromatic N) is 1. The van der Waals surface area contributed by atoms with Crippen molar-refractivity contribution < 1.29 is 19.1 Å². The highest BCUT2D eigenvalue weighted by atomic mass is 16.6. The first-order chi connectivity index (χ1) is 19.4. The monoisotopic (exact) mass is 556 g/mol. The Morgan fingerprint density at radius 2 is 1.15 bits per heavy atom. The number of rotatable bonds is 10. The van der Waals surface area contributed by atoms with Gasteiger partial charge in [0.15, 0.2) is 0 Å². The number of amides is 2. The molecule has 0 aliphatic heterocycles. The number of carbonyl (C=O) groups excluding carboxylic acids is 2. The summed E-state index contributed by atoms with van der Waals surface area (Å²) in [5.74, 6) is 0. The zero-order chi connectivity index (χ0) is 29.9. The largest absolute Gasteiger partial charge is 0.444 e. The lowest BCUT2D eigenvalue weighted by Gasteiger charge is -2.33. The van der Waals surface area contributed by atoms with Gasteiger partial charge in [0.25, 0.3) is 0 Å². The van der Waals surface area contributed by atoms with Crippen LogP contribution in [-0.2, 0) is 28.9 Å². The molecule has 0 aromatic heterocycles. The minimum Gasteiger partial charge on any atom is -0.444 e. The van der Waals surface area contributed by atoms with Crippen molar-refractivity contribution in [2.45, 2.75) is 84.2 Å². The van der Waals surface area contributed by atoms with Gasteiger partial charge in [-0.05, 0) is 71.1 Å². The van der Waals surface area contributed by atoms with Crippen LogP contribution in [0.1, 0.15) is 58.2 Å². The fourth-order valence-electron chi connectivity index (χ4n) is 4.31. The Bertz CT molecular complexity index is 1250. The highest BCUT2D eigenvalue weighted by Crippen LogP contribution is 2.20. The maximum atomic E-state index is 13.6. The van der Waals surface area contributed by atoms with Crippen LogP contribution in [-0.4, -0.2) is 40.4 Å². The quantitative estimate of drug-likeness (QED) is 0.260. The second-order valence-electron chi connectivity index (χ2n) is 12.2. The summed E-state index contributed by atoms with van der Waals surface area (Å²) in [6.07, 6.45) is 4.23. The average Bonchev–Trinajstić information content (AvgIpc) is 2.89. The van der Waals surface area contributed by atoms with Gasteiger partial charge in [0.1, 0.15) is 11.2 Å². The molecule has 6 nitrogen and oxygen atoms in total. The molecule has 3 aromatic rings. The van der Waals surface area contributed by atoms with Crippen molar-refractivity contribution in [3.63, 3.8) is 0 Å². The molecule has 0 aliphatic carbocycles. The first-order valence-electron chi connectivity index (χ1n) is 14.2. The summed E-state index contributed by atoms with van der Waals surface area (Å²) in [5.41, 5.74) is 1.89. The molecule has 2 amide bonds. The third kappa shape index (κ3) is 11.9. The van der Waals surface area contributed by atoms with Gasteiger partial charge in [-0.3, -0.25) is 4.90 Å². The Morgan fingerprint density at radius 3 is 1.63 bits per heavy atom. The first-order valence-corrected chi connectivity index (χ1v) is 14.2. The van der Waals surface area contributed by atoms with E-state index < -0.39 is 23.4 Å². The van der Waals surface area contributed by atoms with Gasteiger partial charge >= 0.3 is 12.2 Å². The molecule has 218 valence electrons. The predicted octanol–water partition coefficient (Wildman–Crippen LogP) is 7.73. The van der Waals surface area contributed by atoms with Crippen molar-refractivity contribution >= 4 is 12.2 Å². The lowest BCUT2D eigenvalue weighted by atomic mass is 10.0. The number of benzene rings is 3. The van der Waals surface area contributed by atoms with E-state index in [4.69, 9.17) is 9.47 Å². The second kappa shape index (κ2) is 14.5. The molecule has 0 fully saturated rings. The van der Waals surface area contributed by atoms with E-state index in [1.165, 1.54) is 0 Å². The van der Waals surface area contributed by atoms with Crippen molar-refractivity contribution in [3.05, 3.63) is 120 Å². The maximum Gasteiger partial charge on any atom is 0.411 e. The first kappa shape index (κ1) is 31.5. The Kier molecular flexibility index (Phi) is 11.2. The number of alkyl carbamates (subject to hydrolysis) is 1. The van der Waals surface area contributed by atoms with Crippen LogP contribution < -0.4 is 5.32 Å². The van der Waals surface area contributed by atoms with E-state index in [0.717, 1.165) is 16.7 Å². The molecule has 6 heteroatoms. The fourth-order valence-corrected chi connectivity index (χ4v) is 4.31. The Hall–Kier alpha value is -4.06. The number of hydrogen-bond donors (Lipinski definition) is 1. The van der Waals surface area contributed by atoms with Gasteiger partial charge in [0, 0.05) is 6.54 Å². The van der Waals surface area contributed by atoms with E-state index in [9.17, 15) is 9.59 Å². The van der Waals surface area contributed by atoms with Crippen molar-refractivity contribution in [3.8, 4) is 0 Å². The summed E-state index contributed by atoms with van der Waals surface area (Å²) in [4.78, 5) is 28.2. The normalized spacial score (nSPS) is 13.3. The van der Waals surface area contributed by atoms with Crippen molar-refractivity contribution in [2.75, 3.05) is 0 Å². The molecule has 0 bridgehead atoms. The highest BCUT2D eigenvalue weighted by molar-refractivity contribution is 5.69. The van der Waals surface area contributed by atoms with Crippen LogP contribution in [0, 0.1) is 0 Å². The molecule has 0 radical (unpaired) electrons. The zero-order valence-electron chi connectivity index (χ0n) is 25.2. The van der Waals surface area contributed by atoms with E-state index in [2.05, 4.69) is 17.4 Å². The van der Waals surface area contributed by atoms with Crippen LogP contribution in [0.25, 0.3) is 0 Å². The molecule has 2 atom stereocenters. The van der Waals surface area contributed by atoms with E-state index >= 15 is 0 Å². The van der Waals surface area contributed by atoms with Crippen molar-refractivity contribution in [2.24, 2.45) is 0 Å². The van der Waals surface area contributed by atoms with Crippen molar-refractivity contribution in [1.29, 1.82) is 0 Å². The minimum atomic E-state index is -0.652. The summed E-state index contributed by atoms with van der Waals surface area (Å²) in [6.45, 7) is 11.5. The molecule has 41 heavy (non-hydrogen) atoms. The van der Waals surface area contributed by atoms with Crippen LogP contribution in [0.3, 0.4) is 0 Å². The number of carbonyl (C=O) groups is 2. The van der Waals surface area contributed by atoms with E-state index in [0.29, 0.717) is 19.4 Å². The predicted molar refractivity (Wildman–Crippen MR) is 165 cm³/mol. The van der Waals surface area contributed by atoms with Gasteiger partial charge in [-0.25, -0.2) is 9.59 Å². The Balaban J connectivity index is 1.98. The third-order valence-electron chi connectivity index (χ3n) is 6.08. The number of ether oxygens (including phenoxy) is 2. The van der Waals surface area contributed by atoms with Crippen LogP contribution in [0.2, 0.25) is 0 Å². The highest BCUT2D eigenvalue weighted by Gasteiger charge is 2.28. The van der Waals surface area contributed by atoms with Gasteiger partial charge in [0.2, 0.25) is 0 Å². The topological polar surface area (TPSA) is 67.9 Å². The van der Waals surface area contributed by atoms with E-state index in [1.54, 1.807) is 4.90 Å². The molecule has 0 spiro atoms. The summed E-state index contributed by atoms with van der Waals surface area (Å²) in [7, 11) is 0. The Morgan fingerprint density at radius 1 is 0.683 bits per heavy atom. The SMILES string of the molecule is CC(C)(C)OC(=O)NC(C=CC(Cc1ccccc1)N(Cc1ccccc1)C(=O)OC(C)(C)C)Cc1ccccc1. The van der Waals surface area contributed by atoms with Gasteiger partial charge in [-0.1, -0.05) is 103 Å². The molecule has 3 aromatic carbocycles. The molecule has 0 aliphatic rings. The summed E-state index contributed by atoms with van der Waals surface area (Å²) >= 11 is 0. The lowest BCUT2D eigenvalue weighted by Crippen LogP contribution is -2.44. The molecular formula is C35H44N2O4. The molecule has 0 saturated heterocycles. The molecule has 3 rings (SSSR count). The molecule has 0 saturated carbocycles. The average molecular weight is 557 g/mol. The van der Waals surface area contributed by atoms with Crippen LogP contribution in [0.5, 0.6) is 0 Å². The van der Waals surface area contributed by atoms with E-state index in [-0.39, 0.29) is 12.1 Å². The summed E-state index contributed by atoms with van der Waals surface area (Å²) < 4.78 is 11.4. The van der Waals surface area contributed by atoms with Gasteiger partial charge in [-0.2, -0.15) is 0 Å². The van der Waals surface area contributed by atoms with Crippen LogP contribution >= 0.6 is 0 Å². The summed E-state index contributed by atoms with van der Waals surface area (Å²) in [6, 6.07) is 29.2. The minimum absolute atomic E-state index is 0.342. The maximum absolute atomic E-state index is 13.6. The van der Waals surface area contributed by atoms with Crippen LogP contribution in [0.15, 0.2) is 103 Å². The number of nitrogens with one attached hydrogen (secondary N) is 1. The lowest BCUT2D eigenvalue weighted by molar-refractivity contribution is 0.0179. The van der Waals surface area contributed by atoms with Gasteiger partial charge in [-0.15, -0.1) is 0 Å². The van der Waals surface area contributed by atoms with Crippen molar-refractivity contribution in [1.82, 2.24) is 10.2 Å². The molecule has 2 unspecified atom stereocenters. The second-order valence-corrected chi connectivity index (χ2v) is 12.2. The van der Waals surface area contributed by atoms with Gasteiger partial charge < -0.3 is 14.8 Å². The molecular weight excluding hydrogens is 512 g/mol. The smallest absolute Gasteiger partial charge is 0.411 e. The number of hydrogen-bond acceptors (Lipinski definition) is 4. The Labute approximate surface area is 245 Å². The zero-order valence-corrected chi connectivity index (χ0v) is 25.2. The molecule has 0 heterocycles. The van der Waals surface area contributed by atoms with Gasteiger partial charge in [0.05, 0.1) is 12.1 Å². The molecule has 1 N–H and O–H groups in total.